The third kappa shape index (κ3) is 4.45. The Kier molecular flexibility index (Phi) is 5.25. The summed E-state index contributed by atoms with van der Waals surface area (Å²) in [6.07, 6.45) is 5.38. The second-order valence-corrected chi connectivity index (χ2v) is 5.66. The standard InChI is InChI=1S/C19H16FN5O/c20-17-5-6-18(16(9-17)10-21)24-19(26)23-11-14-1-3-15(4-2-14)12-25-8-7-22-13-25/h1-9,13H,11-12H2,(H2,23,24,26). The first kappa shape index (κ1) is 17.2. The topological polar surface area (TPSA) is 82.7 Å². The zero-order valence-electron chi connectivity index (χ0n) is 13.8. The summed E-state index contributed by atoms with van der Waals surface area (Å²) < 4.78 is 15.1. The summed E-state index contributed by atoms with van der Waals surface area (Å²) >= 11 is 0. The van der Waals surface area contributed by atoms with E-state index in [-0.39, 0.29) is 11.3 Å². The van der Waals surface area contributed by atoms with Crippen molar-refractivity contribution in [3.05, 3.63) is 83.7 Å². The van der Waals surface area contributed by atoms with E-state index >= 15 is 0 Å². The molecule has 2 amide bonds. The number of anilines is 1. The number of halogens is 1. The van der Waals surface area contributed by atoms with Crippen LogP contribution in [-0.2, 0) is 13.1 Å². The van der Waals surface area contributed by atoms with Gasteiger partial charge in [0, 0.05) is 25.5 Å². The maximum absolute atomic E-state index is 13.1. The third-order valence-electron chi connectivity index (χ3n) is 3.75. The molecule has 2 aromatic carbocycles. The molecular formula is C19H16FN5O. The summed E-state index contributed by atoms with van der Waals surface area (Å²) in [5.74, 6) is -0.525. The van der Waals surface area contributed by atoms with Gasteiger partial charge in [-0.25, -0.2) is 14.2 Å². The van der Waals surface area contributed by atoms with Gasteiger partial charge in [0.1, 0.15) is 11.9 Å². The van der Waals surface area contributed by atoms with Gasteiger partial charge in [0.25, 0.3) is 0 Å². The van der Waals surface area contributed by atoms with Crippen LogP contribution >= 0.6 is 0 Å². The van der Waals surface area contributed by atoms with Gasteiger partial charge < -0.3 is 15.2 Å². The minimum Gasteiger partial charge on any atom is -0.334 e. The molecule has 0 bridgehead atoms. The van der Waals surface area contributed by atoms with E-state index in [9.17, 15) is 9.18 Å². The highest BCUT2D eigenvalue weighted by Crippen LogP contribution is 2.15. The van der Waals surface area contributed by atoms with Gasteiger partial charge in [-0.15, -0.1) is 0 Å². The fourth-order valence-corrected chi connectivity index (χ4v) is 2.42. The van der Waals surface area contributed by atoms with Crippen LogP contribution in [0, 0.1) is 17.1 Å². The molecule has 0 aliphatic carbocycles. The average molecular weight is 349 g/mol. The Bertz CT molecular complexity index is 930. The Balaban J connectivity index is 1.54. The number of carbonyl (C=O) groups excluding carboxylic acids is 1. The molecule has 7 heteroatoms. The number of nitrogens with one attached hydrogen (secondary N) is 2. The number of urea groups is 1. The SMILES string of the molecule is N#Cc1cc(F)ccc1NC(=O)NCc1ccc(Cn2ccnc2)cc1. The number of nitriles is 1. The highest BCUT2D eigenvalue weighted by Gasteiger charge is 2.07. The van der Waals surface area contributed by atoms with Crippen molar-refractivity contribution in [2.24, 2.45) is 0 Å². The fraction of sp³-hybridized carbons (Fsp3) is 0.105. The Morgan fingerprint density at radius 1 is 1.19 bits per heavy atom. The maximum atomic E-state index is 13.1. The predicted molar refractivity (Wildman–Crippen MR) is 94.7 cm³/mol. The van der Waals surface area contributed by atoms with E-state index in [1.54, 1.807) is 12.5 Å². The van der Waals surface area contributed by atoms with Crippen molar-refractivity contribution in [2.75, 3.05) is 5.32 Å². The largest absolute Gasteiger partial charge is 0.334 e. The van der Waals surface area contributed by atoms with Crippen LogP contribution < -0.4 is 10.6 Å². The molecule has 0 saturated carbocycles. The van der Waals surface area contributed by atoms with Crippen LogP contribution in [0.25, 0.3) is 0 Å². The molecule has 1 aromatic heterocycles. The molecule has 3 aromatic rings. The van der Waals surface area contributed by atoms with Gasteiger partial charge in [0.2, 0.25) is 0 Å². The van der Waals surface area contributed by atoms with Crippen LogP contribution in [0.15, 0.2) is 61.2 Å². The van der Waals surface area contributed by atoms with Crippen molar-refractivity contribution in [2.45, 2.75) is 13.1 Å². The van der Waals surface area contributed by atoms with E-state index in [0.717, 1.165) is 23.7 Å². The number of amides is 2. The number of carbonyl (C=O) groups is 1. The molecule has 0 unspecified atom stereocenters. The molecular weight excluding hydrogens is 333 g/mol. The lowest BCUT2D eigenvalue weighted by Gasteiger charge is -2.10. The first-order valence-corrected chi connectivity index (χ1v) is 7.92. The number of rotatable bonds is 5. The van der Waals surface area contributed by atoms with Gasteiger partial charge in [-0.2, -0.15) is 5.26 Å². The van der Waals surface area contributed by atoms with Crippen molar-refractivity contribution < 1.29 is 9.18 Å². The highest BCUT2D eigenvalue weighted by atomic mass is 19.1. The van der Waals surface area contributed by atoms with E-state index in [2.05, 4.69) is 15.6 Å². The molecule has 2 N–H and O–H groups in total. The molecule has 3 rings (SSSR count). The monoisotopic (exact) mass is 349 g/mol. The molecule has 130 valence electrons. The van der Waals surface area contributed by atoms with Crippen LogP contribution in [0.5, 0.6) is 0 Å². The number of benzene rings is 2. The normalized spacial score (nSPS) is 10.2. The summed E-state index contributed by atoms with van der Waals surface area (Å²) in [6, 6.07) is 12.9. The molecule has 1 heterocycles. The van der Waals surface area contributed by atoms with Gasteiger partial charge in [0.05, 0.1) is 17.6 Å². The Morgan fingerprint density at radius 3 is 2.65 bits per heavy atom. The van der Waals surface area contributed by atoms with Crippen molar-refractivity contribution in [1.29, 1.82) is 5.26 Å². The fourth-order valence-electron chi connectivity index (χ4n) is 2.42. The van der Waals surface area contributed by atoms with Gasteiger partial charge in [0.15, 0.2) is 0 Å². The highest BCUT2D eigenvalue weighted by molar-refractivity contribution is 5.90. The number of aromatic nitrogens is 2. The van der Waals surface area contributed by atoms with E-state index in [1.807, 2.05) is 41.1 Å². The molecule has 6 nitrogen and oxygen atoms in total. The lowest BCUT2D eigenvalue weighted by atomic mass is 10.1. The molecule has 26 heavy (non-hydrogen) atoms. The molecule has 0 spiro atoms. The van der Waals surface area contributed by atoms with Gasteiger partial charge >= 0.3 is 6.03 Å². The Hall–Kier alpha value is -3.66. The van der Waals surface area contributed by atoms with Crippen molar-refractivity contribution in [3.63, 3.8) is 0 Å². The molecule has 0 radical (unpaired) electrons. The van der Waals surface area contributed by atoms with E-state index in [4.69, 9.17) is 5.26 Å². The second-order valence-electron chi connectivity index (χ2n) is 5.66. The second kappa shape index (κ2) is 7.94. The van der Waals surface area contributed by atoms with E-state index in [1.165, 1.54) is 12.1 Å². The number of imidazole rings is 1. The molecule has 0 atom stereocenters. The zero-order chi connectivity index (χ0) is 18.4. The first-order valence-electron chi connectivity index (χ1n) is 7.92. The molecule has 0 fully saturated rings. The van der Waals surface area contributed by atoms with Crippen molar-refractivity contribution in [3.8, 4) is 6.07 Å². The van der Waals surface area contributed by atoms with Crippen LogP contribution in [0.3, 0.4) is 0 Å². The predicted octanol–water partition coefficient (Wildman–Crippen LogP) is 3.26. The van der Waals surface area contributed by atoms with Gasteiger partial charge in [-0.1, -0.05) is 24.3 Å². The number of hydrogen-bond donors (Lipinski definition) is 2. The smallest absolute Gasteiger partial charge is 0.319 e. The van der Waals surface area contributed by atoms with E-state index < -0.39 is 11.8 Å². The quantitative estimate of drug-likeness (QED) is 0.742. The van der Waals surface area contributed by atoms with Gasteiger partial charge in [-0.05, 0) is 29.3 Å². The molecule has 0 saturated heterocycles. The van der Waals surface area contributed by atoms with Crippen LogP contribution in [0.2, 0.25) is 0 Å². The van der Waals surface area contributed by atoms with E-state index in [0.29, 0.717) is 6.54 Å². The average Bonchev–Trinajstić information content (AvgIpc) is 3.15. The minimum atomic E-state index is -0.525. The van der Waals surface area contributed by atoms with Crippen LogP contribution in [-0.4, -0.2) is 15.6 Å². The lowest BCUT2D eigenvalue weighted by molar-refractivity contribution is 0.251. The summed E-state index contributed by atoms with van der Waals surface area (Å²) in [7, 11) is 0. The molecule has 0 aliphatic rings. The van der Waals surface area contributed by atoms with Crippen molar-refractivity contribution >= 4 is 11.7 Å². The van der Waals surface area contributed by atoms with Crippen molar-refractivity contribution in [1.82, 2.24) is 14.9 Å². The summed E-state index contributed by atoms with van der Waals surface area (Å²) in [5, 5.41) is 14.2. The summed E-state index contributed by atoms with van der Waals surface area (Å²) in [6.45, 7) is 1.07. The third-order valence-corrected chi connectivity index (χ3v) is 3.75. The van der Waals surface area contributed by atoms with Gasteiger partial charge in [-0.3, -0.25) is 0 Å². The summed E-state index contributed by atoms with van der Waals surface area (Å²) in [5.41, 5.74) is 2.40. The Labute approximate surface area is 149 Å². The summed E-state index contributed by atoms with van der Waals surface area (Å²) in [4.78, 5) is 16.0. The first-order chi connectivity index (χ1) is 12.6. The maximum Gasteiger partial charge on any atom is 0.319 e. The lowest BCUT2D eigenvalue weighted by Crippen LogP contribution is -2.28. The minimum absolute atomic E-state index is 0.0732. The zero-order valence-corrected chi connectivity index (χ0v) is 13.8. The van der Waals surface area contributed by atoms with Crippen LogP contribution in [0.4, 0.5) is 14.9 Å². The molecule has 0 aliphatic heterocycles. The number of hydrogen-bond acceptors (Lipinski definition) is 3. The Morgan fingerprint density at radius 2 is 1.96 bits per heavy atom. The van der Waals surface area contributed by atoms with Crippen LogP contribution in [0.1, 0.15) is 16.7 Å². The number of nitrogens with zero attached hydrogens (tertiary/aromatic N) is 3.